The van der Waals surface area contributed by atoms with Crippen LogP contribution >= 0.6 is 0 Å². The van der Waals surface area contributed by atoms with Gasteiger partial charge in [-0.05, 0) is 42.8 Å². The van der Waals surface area contributed by atoms with Gasteiger partial charge in [0.05, 0.1) is 18.7 Å². The Morgan fingerprint density at radius 2 is 1.79 bits per heavy atom. The minimum absolute atomic E-state index is 0.152. The standard InChI is InChI=1S/C23H31F3N4O3/c1-4-5-13-30(22(32)27-19-10-8-18(9-11-19)23(24,25)26)17-21(31)29(14-15-33-3)16-20-7-6-12-28(20)2/h6-12H,4-5,13-17H2,1-3H3,(H,27,32). The maximum atomic E-state index is 13.1. The third-order valence-corrected chi connectivity index (χ3v) is 5.18. The number of alkyl halides is 3. The molecule has 1 aromatic carbocycles. The number of ether oxygens (including phenoxy) is 1. The van der Waals surface area contributed by atoms with Crippen molar-refractivity contribution < 1.29 is 27.5 Å². The van der Waals surface area contributed by atoms with Crippen LogP contribution in [0.15, 0.2) is 42.6 Å². The van der Waals surface area contributed by atoms with E-state index in [1.165, 1.54) is 17.0 Å². The van der Waals surface area contributed by atoms with Crippen molar-refractivity contribution in [2.45, 2.75) is 32.5 Å². The molecule has 7 nitrogen and oxygen atoms in total. The molecule has 1 aromatic heterocycles. The van der Waals surface area contributed by atoms with Gasteiger partial charge in [-0.3, -0.25) is 4.79 Å². The predicted molar refractivity (Wildman–Crippen MR) is 120 cm³/mol. The molecular weight excluding hydrogens is 437 g/mol. The van der Waals surface area contributed by atoms with E-state index in [-0.39, 0.29) is 18.1 Å². The lowest BCUT2D eigenvalue weighted by molar-refractivity contribution is -0.137. The number of hydrogen-bond acceptors (Lipinski definition) is 3. The fourth-order valence-electron chi connectivity index (χ4n) is 3.16. The van der Waals surface area contributed by atoms with Crippen LogP contribution in [0, 0.1) is 0 Å². The molecule has 0 aliphatic rings. The highest BCUT2D eigenvalue weighted by molar-refractivity contribution is 5.92. The molecule has 0 aliphatic carbocycles. The number of carbonyl (C=O) groups is 2. The number of urea groups is 1. The second-order valence-corrected chi connectivity index (χ2v) is 7.70. The molecule has 0 atom stereocenters. The van der Waals surface area contributed by atoms with Crippen LogP contribution in [0.4, 0.5) is 23.7 Å². The molecular formula is C23H31F3N4O3. The summed E-state index contributed by atoms with van der Waals surface area (Å²) < 4.78 is 45.4. The molecule has 0 aliphatic heterocycles. The van der Waals surface area contributed by atoms with Crippen molar-refractivity contribution in [3.8, 4) is 0 Å². The third kappa shape index (κ3) is 8.12. The van der Waals surface area contributed by atoms with Crippen molar-refractivity contribution in [1.82, 2.24) is 14.4 Å². The summed E-state index contributed by atoms with van der Waals surface area (Å²) in [5, 5.41) is 2.59. The Balaban J connectivity index is 2.10. The molecule has 0 bridgehead atoms. The summed E-state index contributed by atoms with van der Waals surface area (Å²) in [5.41, 5.74) is 0.365. The van der Waals surface area contributed by atoms with Crippen molar-refractivity contribution in [3.05, 3.63) is 53.9 Å². The molecule has 182 valence electrons. The fraction of sp³-hybridized carbons (Fsp3) is 0.478. The summed E-state index contributed by atoms with van der Waals surface area (Å²) in [6, 6.07) is 7.47. The predicted octanol–water partition coefficient (Wildman–Crippen LogP) is 4.35. The summed E-state index contributed by atoms with van der Waals surface area (Å²) in [6.07, 6.45) is -1.07. The Hall–Kier alpha value is -3.01. The van der Waals surface area contributed by atoms with Crippen molar-refractivity contribution >= 4 is 17.6 Å². The fourth-order valence-corrected chi connectivity index (χ4v) is 3.16. The molecule has 0 fully saturated rings. The van der Waals surface area contributed by atoms with Crippen LogP contribution in [-0.2, 0) is 29.3 Å². The molecule has 10 heteroatoms. The number of anilines is 1. The van der Waals surface area contributed by atoms with Crippen LogP contribution in [0.3, 0.4) is 0 Å². The first-order valence-corrected chi connectivity index (χ1v) is 10.8. The Bertz CT molecular complexity index is 897. The van der Waals surface area contributed by atoms with Gasteiger partial charge in [0.15, 0.2) is 0 Å². The van der Waals surface area contributed by atoms with Crippen LogP contribution in [0.25, 0.3) is 0 Å². The number of benzene rings is 1. The number of nitrogens with zero attached hydrogens (tertiary/aromatic N) is 3. The van der Waals surface area contributed by atoms with Crippen LogP contribution in [0.2, 0.25) is 0 Å². The lowest BCUT2D eigenvalue weighted by Crippen LogP contribution is -2.45. The van der Waals surface area contributed by atoms with E-state index in [1.807, 2.05) is 36.9 Å². The van der Waals surface area contributed by atoms with Gasteiger partial charge in [-0.15, -0.1) is 0 Å². The topological polar surface area (TPSA) is 66.8 Å². The van der Waals surface area contributed by atoms with Crippen LogP contribution < -0.4 is 5.32 Å². The first kappa shape index (κ1) is 26.2. The number of aromatic nitrogens is 1. The highest BCUT2D eigenvalue weighted by Crippen LogP contribution is 2.29. The number of halogens is 3. The average molecular weight is 469 g/mol. The van der Waals surface area contributed by atoms with E-state index in [9.17, 15) is 22.8 Å². The minimum atomic E-state index is -4.45. The summed E-state index contributed by atoms with van der Waals surface area (Å²) in [5.74, 6) is -0.244. The average Bonchev–Trinajstić information content (AvgIpc) is 3.17. The van der Waals surface area contributed by atoms with Crippen molar-refractivity contribution in [3.63, 3.8) is 0 Å². The van der Waals surface area contributed by atoms with Gasteiger partial charge < -0.3 is 24.4 Å². The van der Waals surface area contributed by atoms with Gasteiger partial charge in [-0.2, -0.15) is 13.2 Å². The quantitative estimate of drug-likeness (QED) is 0.533. The molecule has 1 N–H and O–H groups in total. The molecule has 2 aromatic rings. The molecule has 2 rings (SSSR count). The minimum Gasteiger partial charge on any atom is -0.383 e. The van der Waals surface area contributed by atoms with E-state index >= 15 is 0 Å². The Morgan fingerprint density at radius 3 is 2.33 bits per heavy atom. The number of carbonyl (C=O) groups excluding carboxylic acids is 2. The summed E-state index contributed by atoms with van der Waals surface area (Å²) in [7, 11) is 3.44. The monoisotopic (exact) mass is 468 g/mol. The molecule has 0 spiro atoms. The van der Waals surface area contributed by atoms with Crippen LogP contribution in [0.1, 0.15) is 31.0 Å². The molecule has 0 saturated heterocycles. The molecule has 0 saturated carbocycles. The zero-order valence-electron chi connectivity index (χ0n) is 19.2. The first-order valence-electron chi connectivity index (χ1n) is 10.8. The first-order chi connectivity index (χ1) is 15.7. The van der Waals surface area contributed by atoms with Crippen molar-refractivity contribution in [2.75, 3.05) is 38.7 Å². The Morgan fingerprint density at radius 1 is 1.09 bits per heavy atom. The van der Waals surface area contributed by atoms with Gasteiger partial charge in [0.1, 0.15) is 6.54 Å². The number of rotatable bonds is 11. The second-order valence-electron chi connectivity index (χ2n) is 7.70. The largest absolute Gasteiger partial charge is 0.416 e. The second kappa shape index (κ2) is 12.3. The SMILES string of the molecule is CCCCN(CC(=O)N(CCOC)Cc1cccn1C)C(=O)Nc1ccc(C(F)(F)F)cc1. The Kier molecular flexibility index (Phi) is 9.77. The summed E-state index contributed by atoms with van der Waals surface area (Å²) >= 11 is 0. The highest BCUT2D eigenvalue weighted by atomic mass is 19.4. The molecule has 0 radical (unpaired) electrons. The van der Waals surface area contributed by atoms with E-state index in [2.05, 4.69) is 5.32 Å². The normalized spacial score (nSPS) is 11.3. The number of unbranched alkanes of at least 4 members (excludes halogenated alkanes) is 1. The van der Waals surface area contributed by atoms with E-state index in [0.717, 1.165) is 24.2 Å². The smallest absolute Gasteiger partial charge is 0.383 e. The summed E-state index contributed by atoms with van der Waals surface area (Å²) in [4.78, 5) is 28.9. The van der Waals surface area contributed by atoms with E-state index in [0.29, 0.717) is 32.7 Å². The lowest BCUT2D eigenvalue weighted by Gasteiger charge is -2.28. The van der Waals surface area contributed by atoms with Crippen molar-refractivity contribution in [2.24, 2.45) is 7.05 Å². The zero-order valence-corrected chi connectivity index (χ0v) is 19.2. The van der Waals surface area contributed by atoms with Gasteiger partial charge in [0, 0.05) is 44.8 Å². The van der Waals surface area contributed by atoms with E-state index < -0.39 is 17.8 Å². The molecule has 1 heterocycles. The van der Waals surface area contributed by atoms with Gasteiger partial charge in [-0.1, -0.05) is 13.3 Å². The number of methoxy groups -OCH3 is 1. The number of hydrogen-bond donors (Lipinski definition) is 1. The maximum absolute atomic E-state index is 13.1. The maximum Gasteiger partial charge on any atom is 0.416 e. The lowest BCUT2D eigenvalue weighted by atomic mass is 10.2. The molecule has 0 unspecified atom stereocenters. The Labute approximate surface area is 192 Å². The number of aryl methyl sites for hydroxylation is 1. The molecule has 3 amide bonds. The number of nitrogens with one attached hydrogen (secondary N) is 1. The van der Waals surface area contributed by atoms with Gasteiger partial charge >= 0.3 is 12.2 Å². The molecule has 33 heavy (non-hydrogen) atoms. The number of amides is 3. The van der Waals surface area contributed by atoms with Crippen LogP contribution in [0.5, 0.6) is 0 Å². The van der Waals surface area contributed by atoms with Crippen LogP contribution in [-0.4, -0.2) is 59.7 Å². The highest BCUT2D eigenvalue weighted by Gasteiger charge is 2.30. The summed E-state index contributed by atoms with van der Waals surface area (Å²) in [6.45, 7) is 3.24. The third-order valence-electron chi connectivity index (χ3n) is 5.18. The van der Waals surface area contributed by atoms with Gasteiger partial charge in [0.2, 0.25) is 5.91 Å². The zero-order chi connectivity index (χ0) is 24.4. The van der Waals surface area contributed by atoms with Gasteiger partial charge in [0.25, 0.3) is 0 Å². The van der Waals surface area contributed by atoms with E-state index in [1.54, 1.807) is 12.0 Å². The van der Waals surface area contributed by atoms with E-state index in [4.69, 9.17) is 4.74 Å². The van der Waals surface area contributed by atoms with Gasteiger partial charge in [-0.25, -0.2) is 4.79 Å². The van der Waals surface area contributed by atoms with Crippen molar-refractivity contribution in [1.29, 1.82) is 0 Å².